The number of hydrogen-bond acceptors (Lipinski definition) is 4. The summed E-state index contributed by atoms with van der Waals surface area (Å²) in [6.45, 7) is 8.76. The minimum Gasteiger partial charge on any atom is -0.354 e. The Kier molecular flexibility index (Phi) is 5.45. The molecule has 1 saturated heterocycles. The second kappa shape index (κ2) is 7.21. The highest BCUT2D eigenvalue weighted by atomic mass is 16.6. The van der Waals surface area contributed by atoms with Crippen molar-refractivity contribution in [3.05, 3.63) is 39.4 Å². The fourth-order valence-corrected chi connectivity index (χ4v) is 2.91. The molecule has 0 radical (unpaired) electrons. The molecule has 0 saturated carbocycles. The van der Waals surface area contributed by atoms with Crippen molar-refractivity contribution >= 4 is 17.5 Å². The molecule has 1 aliphatic rings. The van der Waals surface area contributed by atoms with E-state index >= 15 is 0 Å². The summed E-state index contributed by atoms with van der Waals surface area (Å²) < 4.78 is 0. The lowest BCUT2D eigenvalue weighted by Gasteiger charge is -2.26. The van der Waals surface area contributed by atoms with Gasteiger partial charge in [-0.25, -0.2) is 0 Å². The summed E-state index contributed by atoms with van der Waals surface area (Å²) in [5.41, 5.74) is 0.762. The molecule has 1 fully saturated rings. The van der Waals surface area contributed by atoms with Crippen LogP contribution in [-0.4, -0.2) is 40.8 Å². The van der Waals surface area contributed by atoms with Crippen molar-refractivity contribution in [1.82, 2.24) is 10.2 Å². The molecular formula is C18H25N3O4. The molecule has 1 heterocycles. The molecule has 1 N–H and O–H groups in total. The molecule has 1 aliphatic heterocycles. The number of nitrogens with one attached hydrogen (secondary N) is 1. The second-order valence-electron chi connectivity index (χ2n) is 7.69. The van der Waals surface area contributed by atoms with Crippen molar-refractivity contribution in [2.24, 2.45) is 5.41 Å². The van der Waals surface area contributed by atoms with E-state index in [-0.39, 0.29) is 22.9 Å². The largest absolute Gasteiger partial charge is 0.354 e. The number of rotatable bonds is 4. The van der Waals surface area contributed by atoms with Crippen LogP contribution in [0.3, 0.4) is 0 Å². The van der Waals surface area contributed by atoms with E-state index in [0.717, 1.165) is 6.42 Å². The highest BCUT2D eigenvalue weighted by molar-refractivity contribution is 5.98. The first-order chi connectivity index (χ1) is 11.6. The van der Waals surface area contributed by atoms with Gasteiger partial charge < -0.3 is 10.2 Å². The van der Waals surface area contributed by atoms with Gasteiger partial charge in [0.15, 0.2) is 0 Å². The van der Waals surface area contributed by atoms with Gasteiger partial charge in [-0.1, -0.05) is 20.8 Å². The van der Waals surface area contributed by atoms with Crippen LogP contribution in [0.4, 0.5) is 5.69 Å². The zero-order valence-electron chi connectivity index (χ0n) is 15.2. The number of amides is 2. The molecule has 1 aromatic carbocycles. The lowest BCUT2D eigenvalue weighted by Crippen LogP contribution is -2.47. The van der Waals surface area contributed by atoms with E-state index in [1.165, 1.54) is 18.2 Å². The van der Waals surface area contributed by atoms with Gasteiger partial charge in [0.1, 0.15) is 6.04 Å². The van der Waals surface area contributed by atoms with E-state index < -0.39 is 11.0 Å². The summed E-state index contributed by atoms with van der Waals surface area (Å²) in [7, 11) is 0. The van der Waals surface area contributed by atoms with Crippen molar-refractivity contribution in [3.63, 3.8) is 0 Å². The molecule has 1 unspecified atom stereocenters. The van der Waals surface area contributed by atoms with Crippen LogP contribution >= 0.6 is 0 Å². The predicted octanol–water partition coefficient (Wildman–Crippen LogP) is 2.67. The first kappa shape index (κ1) is 18.9. The number of carbonyl (C=O) groups is 2. The Morgan fingerprint density at radius 1 is 1.36 bits per heavy atom. The smallest absolute Gasteiger partial charge is 0.272 e. The molecule has 2 rings (SSSR count). The topological polar surface area (TPSA) is 92.6 Å². The highest BCUT2D eigenvalue weighted by Crippen LogP contribution is 2.24. The van der Waals surface area contributed by atoms with E-state index in [4.69, 9.17) is 0 Å². The van der Waals surface area contributed by atoms with Crippen LogP contribution in [0.2, 0.25) is 0 Å². The number of nitrogens with zero attached hydrogens (tertiary/aromatic N) is 2. The molecule has 1 aromatic rings. The van der Waals surface area contributed by atoms with Gasteiger partial charge in [-0.05, 0) is 37.3 Å². The number of hydrogen-bond donors (Lipinski definition) is 1. The molecule has 7 nitrogen and oxygen atoms in total. The van der Waals surface area contributed by atoms with Gasteiger partial charge in [0.05, 0.1) is 4.92 Å². The van der Waals surface area contributed by atoms with E-state index in [0.29, 0.717) is 30.6 Å². The minimum absolute atomic E-state index is 0.0163. The van der Waals surface area contributed by atoms with Gasteiger partial charge in [0.2, 0.25) is 5.91 Å². The molecule has 0 bridgehead atoms. The molecule has 25 heavy (non-hydrogen) atoms. The Morgan fingerprint density at radius 2 is 2.04 bits per heavy atom. The predicted molar refractivity (Wildman–Crippen MR) is 94.4 cm³/mol. The Bertz CT molecular complexity index is 694. The van der Waals surface area contributed by atoms with Crippen molar-refractivity contribution in [2.45, 2.75) is 46.6 Å². The summed E-state index contributed by atoms with van der Waals surface area (Å²) >= 11 is 0. The maximum absolute atomic E-state index is 12.8. The van der Waals surface area contributed by atoms with Crippen molar-refractivity contribution in [3.8, 4) is 0 Å². The second-order valence-corrected chi connectivity index (χ2v) is 7.69. The monoisotopic (exact) mass is 347 g/mol. The van der Waals surface area contributed by atoms with Gasteiger partial charge in [-0.15, -0.1) is 0 Å². The molecule has 0 aliphatic carbocycles. The van der Waals surface area contributed by atoms with Gasteiger partial charge in [0.25, 0.3) is 11.6 Å². The number of aryl methyl sites for hydroxylation is 1. The number of carbonyl (C=O) groups excluding carboxylic acids is 2. The van der Waals surface area contributed by atoms with Crippen LogP contribution in [0.5, 0.6) is 0 Å². The number of nitro benzene ring substituents is 1. The highest BCUT2D eigenvalue weighted by Gasteiger charge is 2.35. The number of benzene rings is 1. The third kappa shape index (κ3) is 4.55. The fourth-order valence-electron chi connectivity index (χ4n) is 2.91. The zero-order valence-corrected chi connectivity index (χ0v) is 15.2. The summed E-state index contributed by atoms with van der Waals surface area (Å²) in [5, 5.41) is 13.8. The molecule has 7 heteroatoms. The number of nitro groups is 1. The van der Waals surface area contributed by atoms with E-state index in [9.17, 15) is 19.7 Å². The first-order valence-electron chi connectivity index (χ1n) is 8.44. The van der Waals surface area contributed by atoms with Crippen LogP contribution in [0, 0.1) is 22.5 Å². The minimum atomic E-state index is -0.481. The lowest BCUT2D eigenvalue weighted by molar-refractivity contribution is -0.385. The van der Waals surface area contributed by atoms with Crippen molar-refractivity contribution < 1.29 is 14.5 Å². The Labute approximate surface area is 147 Å². The van der Waals surface area contributed by atoms with Crippen LogP contribution < -0.4 is 5.32 Å². The zero-order chi connectivity index (χ0) is 18.8. The van der Waals surface area contributed by atoms with E-state index in [2.05, 4.69) is 5.32 Å². The Morgan fingerprint density at radius 3 is 2.60 bits per heavy atom. The van der Waals surface area contributed by atoms with Crippen LogP contribution in [0.25, 0.3) is 0 Å². The quantitative estimate of drug-likeness (QED) is 0.669. The van der Waals surface area contributed by atoms with Gasteiger partial charge >= 0.3 is 0 Å². The molecule has 1 atom stereocenters. The molecule has 0 spiro atoms. The fraction of sp³-hybridized carbons (Fsp3) is 0.556. The molecule has 0 aromatic heterocycles. The maximum Gasteiger partial charge on any atom is 0.272 e. The summed E-state index contributed by atoms with van der Waals surface area (Å²) in [6.07, 6.45) is 1.40. The average molecular weight is 347 g/mol. The molecule has 2 amide bonds. The number of likely N-dealkylation sites (tertiary alicyclic amines) is 1. The van der Waals surface area contributed by atoms with Crippen LogP contribution in [0.1, 0.15) is 49.5 Å². The van der Waals surface area contributed by atoms with Crippen LogP contribution in [-0.2, 0) is 4.79 Å². The maximum atomic E-state index is 12.8. The van der Waals surface area contributed by atoms with E-state index in [1.807, 2.05) is 20.8 Å². The van der Waals surface area contributed by atoms with Gasteiger partial charge in [0, 0.05) is 30.3 Å². The molecular weight excluding hydrogens is 322 g/mol. The van der Waals surface area contributed by atoms with Gasteiger partial charge in [-0.2, -0.15) is 0 Å². The average Bonchev–Trinajstić information content (AvgIpc) is 3.00. The Hall–Kier alpha value is -2.44. The molecule has 136 valence electrons. The first-order valence-corrected chi connectivity index (χ1v) is 8.44. The Balaban J connectivity index is 2.13. The van der Waals surface area contributed by atoms with Gasteiger partial charge in [-0.3, -0.25) is 19.7 Å². The van der Waals surface area contributed by atoms with Crippen LogP contribution in [0.15, 0.2) is 18.2 Å². The third-order valence-corrected chi connectivity index (χ3v) is 4.25. The summed E-state index contributed by atoms with van der Waals surface area (Å²) in [5.74, 6) is -0.397. The van der Waals surface area contributed by atoms with E-state index in [1.54, 1.807) is 11.8 Å². The SMILES string of the molecule is Cc1cc(C(=O)N2CCCC2C(=O)NCC(C)(C)C)ccc1[N+](=O)[O-]. The lowest BCUT2D eigenvalue weighted by atomic mass is 9.97. The normalized spacial score (nSPS) is 17.4. The van der Waals surface area contributed by atoms with Crippen molar-refractivity contribution in [1.29, 1.82) is 0 Å². The third-order valence-electron chi connectivity index (χ3n) is 4.25. The summed E-state index contributed by atoms with van der Waals surface area (Å²) in [4.78, 5) is 37.2. The van der Waals surface area contributed by atoms with Crippen molar-refractivity contribution in [2.75, 3.05) is 13.1 Å². The standard InChI is InChI=1S/C18H25N3O4/c1-12-10-13(7-8-14(12)21(24)25)17(23)20-9-5-6-15(20)16(22)19-11-18(2,3)4/h7-8,10,15H,5-6,9,11H2,1-4H3,(H,19,22). The summed E-state index contributed by atoms with van der Waals surface area (Å²) in [6, 6.07) is 3.83.